The van der Waals surface area contributed by atoms with Crippen molar-refractivity contribution in [1.82, 2.24) is 0 Å². The van der Waals surface area contributed by atoms with Crippen LogP contribution in [0.5, 0.6) is 0 Å². The maximum Gasteiger partial charge on any atom is 0.255 e. The van der Waals surface area contributed by atoms with Crippen LogP contribution < -0.4 is 9.62 Å². The van der Waals surface area contributed by atoms with Gasteiger partial charge < -0.3 is 5.32 Å². The fourth-order valence-electron chi connectivity index (χ4n) is 3.04. The van der Waals surface area contributed by atoms with E-state index < -0.39 is 10.0 Å². The van der Waals surface area contributed by atoms with Crippen LogP contribution in [0.15, 0.2) is 36.4 Å². The minimum atomic E-state index is -3.33. The van der Waals surface area contributed by atoms with Crippen molar-refractivity contribution in [1.29, 1.82) is 0 Å². The van der Waals surface area contributed by atoms with E-state index in [-0.39, 0.29) is 11.7 Å². The van der Waals surface area contributed by atoms with E-state index in [0.717, 1.165) is 22.4 Å². The lowest BCUT2D eigenvalue weighted by Crippen LogP contribution is -2.32. The second kappa shape index (κ2) is 7.91. The van der Waals surface area contributed by atoms with Crippen LogP contribution in [0.25, 0.3) is 0 Å². The first-order valence-corrected chi connectivity index (χ1v) is 10.3. The molecule has 0 heterocycles. The average Bonchev–Trinajstić information content (AvgIpc) is 2.59. The summed E-state index contributed by atoms with van der Waals surface area (Å²) in [4.78, 5) is 12.6. The van der Waals surface area contributed by atoms with Gasteiger partial charge in [0, 0.05) is 17.8 Å². The summed E-state index contributed by atoms with van der Waals surface area (Å²) in [7, 11) is -3.33. The van der Waals surface area contributed by atoms with Crippen LogP contribution in [0.3, 0.4) is 0 Å². The van der Waals surface area contributed by atoms with Crippen LogP contribution in [0.1, 0.15) is 40.9 Å². The summed E-state index contributed by atoms with van der Waals surface area (Å²) in [5.41, 5.74) is 5.04. The van der Waals surface area contributed by atoms with Crippen LogP contribution in [0.4, 0.5) is 11.4 Å². The van der Waals surface area contributed by atoms with E-state index in [1.807, 2.05) is 32.9 Å². The van der Waals surface area contributed by atoms with E-state index in [0.29, 0.717) is 17.8 Å². The van der Waals surface area contributed by atoms with Gasteiger partial charge in [0.1, 0.15) is 0 Å². The van der Waals surface area contributed by atoms with Gasteiger partial charge >= 0.3 is 0 Å². The molecule has 0 saturated carbocycles. The Balaban J connectivity index is 2.25. The number of nitrogens with one attached hydrogen (secondary N) is 1. The number of aryl methyl sites for hydroxylation is 3. The number of benzene rings is 2. The monoisotopic (exact) mass is 374 g/mol. The van der Waals surface area contributed by atoms with E-state index in [1.165, 1.54) is 4.31 Å². The average molecular weight is 375 g/mol. The van der Waals surface area contributed by atoms with Gasteiger partial charge in [-0.25, -0.2) is 8.42 Å². The summed E-state index contributed by atoms with van der Waals surface area (Å²) < 4.78 is 25.6. The number of hydrogen-bond donors (Lipinski definition) is 1. The molecule has 0 saturated heterocycles. The van der Waals surface area contributed by atoms with Gasteiger partial charge in [0.2, 0.25) is 10.0 Å². The molecule has 2 rings (SSSR count). The molecule has 2 aromatic rings. The SMILES string of the molecule is CCN(c1ccc(C(=O)Nc2c(C)cc(C)cc2C)cc1)S(=O)(=O)CC. The van der Waals surface area contributed by atoms with Crippen molar-refractivity contribution in [3.63, 3.8) is 0 Å². The minimum Gasteiger partial charge on any atom is -0.322 e. The Morgan fingerprint density at radius 2 is 1.54 bits per heavy atom. The Morgan fingerprint density at radius 3 is 2.00 bits per heavy atom. The highest BCUT2D eigenvalue weighted by molar-refractivity contribution is 7.92. The molecule has 0 aliphatic rings. The first kappa shape index (κ1) is 20.0. The van der Waals surface area contributed by atoms with E-state index in [9.17, 15) is 13.2 Å². The molecule has 0 bridgehead atoms. The van der Waals surface area contributed by atoms with Crippen molar-refractivity contribution in [3.8, 4) is 0 Å². The fourth-order valence-corrected chi connectivity index (χ4v) is 4.19. The van der Waals surface area contributed by atoms with Crippen molar-refractivity contribution in [2.45, 2.75) is 34.6 Å². The normalized spacial score (nSPS) is 11.3. The van der Waals surface area contributed by atoms with E-state index in [4.69, 9.17) is 0 Å². The molecular weight excluding hydrogens is 348 g/mol. The Morgan fingerprint density at radius 1 is 1.00 bits per heavy atom. The van der Waals surface area contributed by atoms with Gasteiger partial charge in [-0.1, -0.05) is 17.7 Å². The van der Waals surface area contributed by atoms with Gasteiger partial charge in [-0.05, 0) is 70.0 Å². The molecule has 140 valence electrons. The zero-order valence-electron chi connectivity index (χ0n) is 16.0. The summed E-state index contributed by atoms with van der Waals surface area (Å²) in [6.45, 7) is 9.71. The van der Waals surface area contributed by atoms with Gasteiger partial charge in [-0.2, -0.15) is 0 Å². The quantitative estimate of drug-likeness (QED) is 0.830. The third-order valence-electron chi connectivity index (χ3n) is 4.32. The molecule has 0 aromatic heterocycles. The molecule has 0 radical (unpaired) electrons. The van der Waals surface area contributed by atoms with E-state index >= 15 is 0 Å². The Hall–Kier alpha value is -2.34. The standard InChI is InChI=1S/C20H26N2O3S/c1-6-22(26(24,25)7-2)18-10-8-17(9-11-18)20(23)21-19-15(4)12-14(3)13-16(19)5/h8-13H,6-7H2,1-5H3,(H,21,23). The number of hydrogen-bond acceptors (Lipinski definition) is 3. The highest BCUT2D eigenvalue weighted by Crippen LogP contribution is 2.24. The fraction of sp³-hybridized carbons (Fsp3) is 0.350. The summed E-state index contributed by atoms with van der Waals surface area (Å²) in [5.74, 6) is -0.178. The molecule has 0 atom stereocenters. The van der Waals surface area contributed by atoms with E-state index in [2.05, 4.69) is 5.32 Å². The second-order valence-electron chi connectivity index (χ2n) is 6.34. The molecule has 26 heavy (non-hydrogen) atoms. The third-order valence-corrected chi connectivity index (χ3v) is 6.19. The number of carbonyl (C=O) groups excluding carboxylic acids is 1. The summed E-state index contributed by atoms with van der Waals surface area (Å²) in [6, 6.07) is 10.7. The van der Waals surface area contributed by atoms with Gasteiger partial charge in [0.05, 0.1) is 11.4 Å². The molecular formula is C20H26N2O3S. The molecule has 0 fully saturated rings. The largest absolute Gasteiger partial charge is 0.322 e. The maximum absolute atomic E-state index is 12.6. The first-order chi connectivity index (χ1) is 12.2. The second-order valence-corrected chi connectivity index (χ2v) is 8.52. The number of carbonyl (C=O) groups is 1. The lowest BCUT2D eigenvalue weighted by molar-refractivity contribution is 0.102. The van der Waals surface area contributed by atoms with Gasteiger partial charge in [0.25, 0.3) is 5.91 Å². The van der Waals surface area contributed by atoms with Crippen LogP contribution in [-0.4, -0.2) is 26.6 Å². The van der Waals surface area contributed by atoms with Crippen LogP contribution >= 0.6 is 0 Å². The minimum absolute atomic E-state index is 0.0368. The molecule has 1 amide bonds. The third kappa shape index (κ3) is 4.25. The van der Waals surface area contributed by atoms with Crippen LogP contribution in [-0.2, 0) is 10.0 Å². The molecule has 0 aliphatic heterocycles. The Labute approximate surface area is 156 Å². The highest BCUT2D eigenvalue weighted by atomic mass is 32.2. The van der Waals surface area contributed by atoms with Crippen molar-refractivity contribution >= 4 is 27.3 Å². The van der Waals surface area contributed by atoms with Crippen LogP contribution in [0.2, 0.25) is 0 Å². The zero-order valence-corrected chi connectivity index (χ0v) is 16.8. The lowest BCUT2D eigenvalue weighted by Gasteiger charge is -2.22. The predicted molar refractivity (Wildman–Crippen MR) is 108 cm³/mol. The molecule has 0 aliphatic carbocycles. The zero-order chi connectivity index (χ0) is 19.5. The van der Waals surface area contributed by atoms with Crippen molar-refractivity contribution in [2.24, 2.45) is 0 Å². The summed E-state index contributed by atoms with van der Waals surface area (Å²) in [6.07, 6.45) is 0. The topological polar surface area (TPSA) is 66.5 Å². The molecule has 6 heteroatoms. The Bertz CT molecular complexity index is 880. The van der Waals surface area contributed by atoms with Gasteiger partial charge in [-0.3, -0.25) is 9.10 Å². The number of nitrogens with zero attached hydrogens (tertiary/aromatic N) is 1. The van der Waals surface area contributed by atoms with E-state index in [1.54, 1.807) is 38.1 Å². The van der Waals surface area contributed by atoms with Crippen molar-refractivity contribution in [2.75, 3.05) is 21.9 Å². The lowest BCUT2D eigenvalue weighted by atomic mass is 10.0. The van der Waals surface area contributed by atoms with Gasteiger partial charge in [-0.15, -0.1) is 0 Å². The molecule has 5 nitrogen and oxygen atoms in total. The number of amides is 1. The molecule has 0 spiro atoms. The Kier molecular flexibility index (Phi) is 6.08. The highest BCUT2D eigenvalue weighted by Gasteiger charge is 2.19. The maximum atomic E-state index is 12.6. The number of sulfonamides is 1. The molecule has 0 unspecified atom stereocenters. The summed E-state index contributed by atoms with van der Waals surface area (Å²) >= 11 is 0. The van der Waals surface area contributed by atoms with Crippen LogP contribution in [0, 0.1) is 20.8 Å². The van der Waals surface area contributed by atoms with Crippen molar-refractivity contribution < 1.29 is 13.2 Å². The van der Waals surface area contributed by atoms with Gasteiger partial charge in [0.15, 0.2) is 0 Å². The number of anilines is 2. The van der Waals surface area contributed by atoms with Crippen molar-refractivity contribution in [3.05, 3.63) is 58.7 Å². The molecule has 1 N–H and O–H groups in total. The summed E-state index contributed by atoms with van der Waals surface area (Å²) in [5, 5.41) is 2.96. The first-order valence-electron chi connectivity index (χ1n) is 8.69. The smallest absolute Gasteiger partial charge is 0.255 e. The predicted octanol–water partition coefficient (Wildman–Crippen LogP) is 4.04. The number of rotatable bonds is 6. The molecule has 2 aromatic carbocycles.